The van der Waals surface area contributed by atoms with E-state index in [1.165, 1.54) is 4.88 Å². The lowest BCUT2D eigenvalue weighted by Gasteiger charge is -2.31. The van der Waals surface area contributed by atoms with Crippen molar-refractivity contribution in [3.05, 3.63) is 22.4 Å². The second kappa shape index (κ2) is 7.20. The van der Waals surface area contributed by atoms with Gasteiger partial charge in [-0.05, 0) is 44.8 Å². The monoisotopic (exact) mass is 296 g/mol. The molecule has 3 atom stereocenters. The van der Waals surface area contributed by atoms with Gasteiger partial charge in [-0.15, -0.1) is 11.3 Å². The third kappa shape index (κ3) is 4.04. The summed E-state index contributed by atoms with van der Waals surface area (Å²) < 4.78 is 0. The van der Waals surface area contributed by atoms with Crippen molar-refractivity contribution in [2.75, 3.05) is 20.6 Å². The number of carboxylic acid groups (broad SMARTS) is 1. The van der Waals surface area contributed by atoms with Gasteiger partial charge < -0.3 is 15.3 Å². The Morgan fingerprint density at radius 3 is 2.95 bits per heavy atom. The molecule has 0 aromatic carbocycles. The van der Waals surface area contributed by atoms with Crippen LogP contribution in [0.2, 0.25) is 0 Å². The maximum atomic E-state index is 11.1. The third-order valence-corrected chi connectivity index (χ3v) is 5.09. The highest BCUT2D eigenvalue weighted by atomic mass is 32.1. The van der Waals surface area contributed by atoms with Gasteiger partial charge in [0.15, 0.2) is 0 Å². The third-order valence-electron chi connectivity index (χ3n) is 4.12. The molecule has 0 aliphatic heterocycles. The Balaban J connectivity index is 1.88. The Bertz CT molecular complexity index is 420. The number of carboxylic acids is 1. The molecule has 0 spiro atoms. The number of thiophene rings is 1. The van der Waals surface area contributed by atoms with E-state index in [4.69, 9.17) is 5.11 Å². The van der Waals surface area contributed by atoms with Crippen molar-refractivity contribution in [2.24, 2.45) is 5.92 Å². The van der Waals surface area contributed by atoms with Gasteiger partial charge in [-0.25, -0.2) is 0 Å². The summed E-state index contributed by atoms with van der Waals surface area (Å²) in [6.07, 6.45) is 3.70. The maximum Gasteiger partial charge on any atom is 0.306 e. The molecule has 1 aliphatic rings. The molecule has 3 unspecified atom stereocenters. The molecule has 2 N–H and O–H groups in total. The number of likely N-dealkylation sites (N-methyl/N-ethyl adjacent to an activating group) is 1. The first-order chi connectivity index (χ1) is 9.58. The van der Waals surface area contributed by atoms with Gasteiger partial charge in [-0.2, -0.15) is 0 Å². The van der Waals surface area contributed by atoms with Crippen LogP contribution >= 0.6 is 11.3 Å². The van der Waals surface area contributed by atoms with Gasteiger partial charge in [0, 0.05) is 17.5 Å². The molecule has 0 amide bonds. The van der Waals surface area contributed by atoms with E-state index in [0.29, 0.717) is 12.1 Å². The zero-order valence-electron chi connectivity index (χ0n) is 12.2. The normalized spacial score (nSPS) is 24.8. The van der Waals surface area contributed by atoms with Crippen LogP contribution in [0.1, 0.15) is 36.6 Å². The number of carbonyl (C=O) groups is 1. The first-order valence-corrected chi connectivity index (χ1v) is 8.12. The minimum Gasteiger partial charge on any atom is -0.481 e. The smallest absolute Gasteiger partial charge is 0.306 e. The second-order valence-corrected chi connectivity index (χ2v) is 6.78. The molecule has 2 rings (SSSR count). The van der Waals surface area contributed by atoms with E-state index in [0.717, 1.165) is 32.2 Å². The highest BCUT2D eigenvalue weighted by Gasteiger charge is 2.27. The largest absolute Gasteiger partial charge is 0.481 e. The lowest BCUT2D eigenvalue weighted by molar-refractivity contribution is -0.143. The van der Waals surface area contributed by atoms with Crippen LogP contribution in [-0.4, -0.2) is 42.7 Å². The van der Waals surface area contributed by atoms with Crippen molar-refractivity contribution in [1.82, 2.24) is 10.2 Å². The van der Waals surface area contributed by atoms with Crippen molar-refractivity contribution in [1.29, 1.82) is 0 Å². The Labute approximate surface area is 124 Å². The summed E-state index contributed by atoms with van der Waals surface area (Å²) in [5, 5.41) is 14.8. The van der Waals surface area contributed by atoms with E-state index in [9.17, 15) is 4.79 Å². The van der Waals surface area contributed by atoms with Gasteiger partial charge in [0.1, 0.15) is 0 Å². The van der Waals surface area contributed by atoms with E-state index in [1.807, 2.05) is 0 Å². The number of rotatable bonds is 6. The lowest BCUT2D eigenvalue weighted by atomic mass is 9.85. The van der Waals surface area contributed by atoms with Gasteiger partial charge in [0.05, 0.1) is 12.0 Å². The predicted molar refractivity (Wildman–Crippen MR) is 82.1 cm³/mol. The average Bonchev–Trinajstić information content (AvgIpc) is 2.93. The summed E-state index contributed by atoms with van der Waals surface area (Å²) >= 11 is 1.78. The average molecular weight is 296 g/mol. The maximum absolute atomic E-state index is 11.1. The van der Waals surface area contributed by atoms with Gasteiger partial charge in [0.2, 0.25) is 0 Å². The molecule has 1 aromatic rings. The highest BCUT2D eigenvalue weighted by molar-refractivity contribution is 7.10. The van der Waals surface area contributed by atoms with Crippen LogP contribution in [0.5, 0.6) is 0 Å². The fourth-order valence-electron chi connectivity index (χ4n) is 2.90. The first kappa shape index (κ1) is 15.5. The van der Waals surface area contributed by atoms with Crippen LogP contribution in [0.15, 0.2) is 17.5 Å². The predicted octanol–water partition coefficient (Wildman–Crippen LogP) is 2.58. The summed E-state index contributed by atoms with van der Waals surface area (Å²) in [5.41, 5.74) is 0. The van der Waals surface area contributed by atoms with Crippen molar-refractivity contribution in [2.45, 2.75) is 37.8 Å². The number of nitrogens with one attached hydrogen (secondary N) is 1. The quantitative estimate of drug-likeness (QED) is 0.847. The van der Waals surface area contributed by atoms with Gasteiger partial charge in [-0.3, -0.25) is 4.79 Å². The van der Waals surface area contributed by atoms with Crippen LogP contribution in [0.3, 0.4) is 0 Å². The van der Waals surface area contributed by atoms with Crippen LogP contribution in [0.25, 0.3) is 0 Å². The summed E-state index contributed by atoms with van der Waals surface area (Å²) in [6.45, 7) is 0.879. The molecule has 1 fully saturated rings. The molecule has 4 nitrogen and oxygen atoms in total. The van der Waals surface area contributed by atoms with E-state index < -0.39 is 5.97 Å². The molecule has 0 radical (unpaired) electrons. The molecule has 112 valence electrons. The number of aliphatic carboxylic acids is 1. The Kier molecular flexibility index (Phi) is 5.57. The van der Waals surface area contributed by atoms with Crippen molar-refractivity contribution >= 4 is 17.3 Å². The first-order valence-electron chi connectivity index (χ1n) is 7.24. The summed E-state index contributed by atoms with van der Waals surface area (Å²) in [4.78, 5) is 14.7. The Morgan fingerprint density at radius 2 is 2.35 bits per heavy atom. The van der Waals surface area contributed by atoms with E-state index in [1.54, 1.807) is 11.3 Å². The van der Waals surface area contributed by atoms with Gasteiger partial charge in [-0.1, -0.05) is 12.5 Å². The van der Waals surface area contributed by atoms with Gasteiger partial charge >= 0.3 is 5.97 Å². The second-order valence-electron chi connectivity index (χ2n) is 5.80. The van der Waals surface area contributed by atoms with E-state index >= 15 is 0 Å². The van der Waals surface area contributed by atoms with Gasteiger partial charge in [0.25, 0.3) is 0 Å². The minimum absolute atomic E-state index is 0.166. The SMILES string of the molecule is CN(C)C(CNC1CCCC(C(=O)O)C1)c1cccs1. The summed E-state index contributed by atoms with van der Waals surface area (Å²) in [7, 11) is 4.18. The zero-order chi connectivity index (χ0) is 14.5. The molecule has 1 aromatic heterocycles. The zero-order valence-corrected chi connectivity index (χ0v) is 13.0. The molecule has 1 heterocycles. The van der Waals surface area contributed by atoms with Crippen LogP contribution < -0.4 is 5.32 Å². The Morgan fingerprint density at radius 1 is 1.55 bits per heavy atom. The lowest BCUT2D eigenvalue weighted by Crippen LogP contribution is -2.40. The molecule has 5 heteroatoms. The molecule has 20 heavy (non-hydrogen) atoms. The topological polar surface area (TPSA) is 52.6 Å². The molecule has 1 aliphatic carbocycles. The van der Waals surface area contributed by atoms with Crippen molar-refractivity contribution in [3.8, 4) is 0 Å². The summed E-state index contributed by atoms with van der Waals surface area (Å²) in [5.74, 6) is -0.806. The molecule has 0 bridgehead atoms. The summed E-state index contributed by atoms with van der Waals surface area (Å²) in [6, 6.07) is 4.95. The molecule has 0 saturated heterocycles. The van der Waals surface area contributed by atoms with Crippen LogP contribution in [0.4, 0.5) is 0 Å². The standard InChI is InChI=1S/C15H24N2O2S/c1-17(2)13(14-7-4-8-20-14)10-16-12-6-3-5-11(9-12)15(18)19/h4,7-8,11-13,16H,3,5-6,9-10H2,1-2H3,(H,18,19). The van der Waals surface area contributed by atoms with Crippen molar-refractivity contribution in [3.63, 3.8) is 0 Å². The number of nitrogens with zero attached hydrogens (tertiary/aromatic N) is 1. The van der Waals surface area contributed by atoms with E-state index in [-0.39, 0.29) is 5.92 Å². The fourth-order valence-corrected chi connectivity index (χ4v) is 3.82. The molecular formula is C15H24N2O2S. The highest BCUT2D eigenvalue weighted by Crippen LogP contribution is 2.26. The van der Waals surface area contributed by atoms with Crippen LogP contribution in [0, 0.1) is 5.92 Å². The Hall–Kier alpha value is -0.910. The van der Waals surface area contributed by atoms with E-state index in [2.05, 4.69) is 41.8 Å². The van der Waals surface area contributed by atoms with Crippen LogP contribution in [-0.2, 0) is 4.79 Å². The molecule has 1 saturated carbocycles. The molecular weight excluding hydrogens is 272 g/mol. The van der Waals surface area contributed by atoms with Crippen molar-refractivity contribution < 1.29 is 9.90 Å². The minimum atomic E-state index is -0.640. The number of hydrogen-bond acceptors (Lipinski definition) is 4. The number of hydrogen-bond donors (Lipinski definition) is 2. The fraction of sp³-hybridized carbons (Fsp3) is 0.667.